The third kappa shape index (κ3) is 2.93. The van der Waals surface area contributed by atoms with Crippen LogP contribution < -0.4 is 0 Å². The van der Waals surface area contributed by atoms with Gasteiger partial charge in [-0.1, -0.05) is 12.1 Å². The largest absolute Gasteiger partial charge is 0.372 e. The Kier molecular flexibility index (Phi) is 4.24. The maximum Gasteiger partial charge on any atom is 0.227 e. The summed E-state index contributed by atoms with van der Waals surface area (Å²) in [7, 11) is 0. The van der Waals surface area contributed by atoms with Gasteiger partial charge >= 0.3 is 0 Å². The van der Waals surface area contributed by atoms with Crippen molar-refractivity contribution >= 4 is 5.91 Å². The molecule has 2 unspecified atom stereocenters. The van der Waals surface area contributed by atoms with Gasteiger partial charge in [-0.2, -0.15) is 5.26 Å². The molecule has 0 bridgehead atoms. The van der Waals surface area contributed by atoms with Crippen LogP contribution in [0.5, 0.6) is 0 Å². The number of rotatable bonds is 2. The summed E-state index contributed by atoms with van der Waals surface area (Å²) < 4.78 is 19.1. The molecule has 2 aliphatic heterocycles. The van der Waals surface area contributed by atoms with Crippen molar-refractivity contribution < 1.29 is 13.9 Å². The lowest BCUT2D eigenvalue weighted by Crippen LogP contribution is -2.60. The normalized spacial score (nSPS) is 34.6. The topological polar surface area (TPSA) is 53.3 Å². The van der Waals surface area contributed by atoms with Crippen molar-refractivity contribution in [2.45, 2.75) is 56.1 Å². The minimum atomic E-state index is -0.483. The first-order valence-electron chi connectivity index (χ1n) is 9.24. The van der Waals surface area contributed by atoms with Crippen LogP contribution in [0.25, 0.3) is 0 Å². The summed E-state index contributed by atoms with van der Waals surface area (Å²) in [5, 5.41) is 9.78. The number of hydrogen-bond acceptors (Lipinski definition) is 3. The highest BCUT2D eigenvalue weighted by molar-refractivity contribution is 5.84. The van der Waals surface area contributed by atoms with E-state index in [2.05, 4.69) is 6.07 Å². The van der Waals surface area contributed by atoms with Gasteiger partial charge in [0.2, 0.25) is 5.91 Å². The Morgan fingerprint density at radius 3 is 2.68 bits per heavy atom. The fourth-order valence-electron chi connectivity index (χ4n) is 4.57. The van der Waals surface area contributed by atoms with Gasteiger partial charge < -0.3 is 9.64 Å². The van der Waals surface area contributed by atoms with Crippen molar-refractivity contribution in [3.8, 4) is 6.07 Å². The third-order valence-corrected chi connectivity index (χ3v) is 6.00. The van der Waals surface area contributed by atoms with Gasteiger partial charge in [-0.25, -0.2) is 4.39 Å². The van der Waals surface area contributed by atoms with Crippen LogP contribution in [0.3, 0.4) is 0 Å². The molecule has 4 atom stereocenters. The number of carbonyl (C=O) groups is 1. The fourth-order valence-corrected chi connectivity index (χ4v) is 4.57. The smallest absolute Gasteiger partial charge is 0.227 e. The Hall–Kier alpha value is -1.93. The number of nitriles is 1. The molecule has 25 heavy (non-hydrogen) atoms. The molecule has 1 spiro atoms. The summed E-state index contributed by atoms with van der Waals surface area (Å²) in [6.07, 6.45) is 5.48. The molecule has 0 N–H and O–H groups in total. The van der Waals surface area contributed by atoms with E-state index in [-0.39, 0.29) is 23.6 Å². The van der Waals surface area contributed by atoms with Crippen molar-refractivity contribution in [1.82, 2.24) is 4.90 Å². The summed E-state index contributed by atoms with van der Waals surface area (Å²) in [6, 6.07) is 8.30. The van der Waals surface area contributed by atoms with Crippen molar-refractivity contribution in [1.29, 1.82) is 5.26 Å². The molecule has 4 rings (SSSR count). The van der Waals surface area contributed by atoms with Crippen LogP contribution >= 0.6 is 0 Å². The first-order chi connectivity index (χ1) is 12.1. The summed E-state index contributed by atoms with van der Waals surface area (Å²) in [5.74, 6) is -0.129. The molecular weight excluding hydrogens is 319 g/mol. The second-order valence-corrected chi connectivity index (χ2v) is 7.54. The monoisotopic (exact) mass is 342 g/mol. The molecule has 1 aromatic carbocycles. The molecule has 5 heteroatoms. The Balaban J connectivity index is 1.50. The van der Waals surface area contributed by atoms with E-state index in [1.54, 1.807) is 17.0 Å². The number of halogens is 1. The van der Waals surface area contributed by atoms with Crippen molar-refractivity contribution in [2.24, 2.45) is 5.92 Å². The van der Waals surface area contributed by atoms with Crippen molar-refractivity contribution in [3.05, 3.63) is 35.6 Å². The summed E-state index contributed by atoms with van der Waals surface area (Å²) in [4.78, 5) is 14.8. The van der Waals surface area contributed by atoms with Gasteiger partial charge in [0.15, 0.2) is 0 Å². The molecule has 3 aliphatic rings. The first kappa shape index (κ1) is 16.5. The van der Waals surface area contributed by atoms with Crippen LogP contribution in [0.2, 0.25) is 0 Å². The average molecular weight is 342 g/mol. The second-order valence-electron chi connectivity index (χ2n) is 7.54. The predicted molar refractivity (Wildman–Crippen MR) is 90.1 cm³/mol. The third-order valence-electron chi connectivity index (χ3n) is 6.00. The van der Waals surface area contributed by atoms with E-state index in [0.717, 1.165) is 44.1 Å². The lowest BCUT2D eigenvalue weighted by Gasteiger charge is -2.48. The number of nitrogens with zero attached hydrogens (tertiary/aromatic N) is 2. The number of carbonyl (C=O) groups excluding carboxylic acids is 1. The Bertz CT molecular complexity index is 685. The molecule has 2 saturated heterocycles. The molecule has 2 heterocycles. The van der Waals surface area contributed by atoms with Gasteiger partial charge in [-0.05, 0) is 62.1 Å². The molecule has 1 aromatic rings. The van der Waals surface area contributed by atoms with E-state index in [9.17, 15) is 14.4 Å². The highest BCUT2D eigenvalue weighted by atomic mass is 19.1. The molecule has 4 nitrogen and oxygen atoms in total. The van der Waals surface area contributed by atoms with Crippen LogP contribution in [-0.4, -0.2) is 35.6 Å². The van der Waals surface area contributed by atoms with E-state index in [0.29, 0.717) is 13.2 Å². The fraction of sp³-hybridized carbons (Fsp3) is 0.600. The Morgan fingerprint density at radius 1 is 1.24 bits per heavy atom. The minimum absolute atomic E-state index is 0.0640. The Morgan fingerprint density at radius 2 is 2.00 bits per heavy atom. The van der Waals surface area contributed by atoms with E-state index < -0.39 is 11.6 Å². The zero-order valence-corrected chi connectivity index (χ0v) is 14.3. The molecular formula is C20H23FN2O2. The minimum Gasteiger partial charge on any atom is -0.372 e. The summed E-state index contributed by atoms with van der Waals surface area (Å²) in [6.45, 7) is 1.32. The molecule has 3 fully saturated rings. The maximum atomic E-state index is 13.1. The molecule has 132 valence electrons. The van der Waals surface area contributed by atoms with E-state index in [1.165, 1.54) is 12.1 Å². The number of hydrogen-bond donors (Lipinski definition) is 0. The van der Waals surface area contributed by atoms with Gasteiger partial charge in [-0.15, -0.1) is 0 Å². The molecule has 1 amide bonds. The standard InChI is InChI=1S/C20H23FN2O2/c21-15-6-4-14(5-7-15)16-12-17(16)19(24)23-10-3-9-20(18(23)13-22)8-1-2-11-25-20/h4-7,16-18H,1-3,8-12H2/t16-,17+,18?,20?/m0/s1. The zero-order chi connectivity index (χ0) is 17.4. The molecule has 1 aliphatic carbocycles. The predicted octanol–water partition coefficient (Wildman–Crippen LogP) is 3.38. The SMILES string of the molecule is N#CC1N(C(=O)[C@@H]2C[C@H]2c2ccc(F)cc2)CCCC12CCCCO2. The van der Waals surface area contributed by atoms with Crippen LogP contribution in [0, 0.1) is 23.1 Å². The van der Waals surface area contributed by atoms with Gasteiger partial charge in [0, 0.05) is 19.1 Å². The summed E-state index contributed by atoms with van der Waals surface area (Å²) in [5.41, 5.74) is 0.537. The first-order valence-corrected chi connectivity index (χ1v) is 9.24. The average Bonchev–Trinajstić information content (AvgIpc) is 3.43. The van der Waals surface area contributed by atoms with Crippen LogP contribution in [0.1, 0.15) is 50.0 Å². The number of amides is 1. The quantitative estimate of drug-likeness (QED) is 0.828. The van der Waals surface area contributed by atoms with Crippen LogP contribution in [0.4, 0.5) is 4.39 Å². The van der Waals surface area contributed by atoms with Gasteiger partial charge in [-0.3, -0.25) is 4.79 Å². The van der Waals surface area contributed by atoms with Crippen LogP contribution in [-0.2, 0) is 9.53 Å². The van der Waals surface area contributed by atoms with Gasteiger partial charge in [0.1, 0.15) is 17.5 Å². The van der Waals surface area contributed by atoms with Crippen molar-refractivity contribution in [2.75, 3.05) is 13.2 Å². The molecule has 0 radical (unpaired) electrons. The lowest BCUT2D eigenvalue weighted by molar-refractivity contribution is -0.160. The van der Waals surface area contributed by atoms with Crippen molar-refractivity contribution in [3.63, 3.8) is 0 Å². The van der Waals surface area contributed by atoms with Gasteiger partial charge in [0.25, 0.3) is 0 Å². The van der Waals surface area contributed by atoms with Crippen LogP contribution in [0.15, 0.2) is 24.3 Å². The number of piperidine rings is 1. The van der Waals surface area contributed by atoms with E-state index in [1.807, 2.05) is 0 Å². The lowest BCUT2D eigenvalue weighted by atomic mass is 9.79. The zero-order valence-electron chi connectivity index (χ0n) is 14.3. The number of benzene rings is 1. The van der Waals surface area contributed by atoms with Gasteiger partial charge in [0.05, 0.1) is 6.07 Å². The Labute approximate surface area is 147 Å². The highest BCUT2D eigenvalue weighted by Gasteiger charge is 2.53. The molecule has 1 saturated carbocycles. The van der Waals surface area contributed by atoms with E-state index >= 15 is 0 Å². The number of likely N-dealkylation sites (tertiary alicyclic amines) is 1. The summed E-state index contributed by atoms with van der Waals surface area (Å²) >= 11 is 0. The number of ether oxygens (including phenoxy) is 1. The molecule has 0 aromatic heterocycles. The van der Waals surface area contributed by atoms with E-state index in [4.69, 9.17) is 4.74 Å². The second kappa shape index (κ2) is 6.42. The maximum absolute atomic E-state index is 13.1. The highest BCUT2D eigenvalue weighted by Crippen LogP contribution is 2.50.